The van der Waals surface area contributed by atoms with Crippen molar-refractivity contribution >= 4 is 20.8 Å². The van der Waals surface area contributed by atoms with Crippen molar-refractivity contribution in [3.8, 4) is 28.8 Å². The van der Waals surface area contributed by atoms with Crippen LogP contribution in [-0.2, 0) is 15.6 Å². The molecule has 0 aliphatic carbocycles. The van der Waals surface area contributed by atoms with E-state index in [0.717, 1.165) is 18.2 Å². The van der Waals surface area contributed by atoms with Crippen LogP contribution in [0.15, 0.2) is 67.5 Å². The van der Waals surface area contributed by atoms with E-state index in [-0.39, 0.29) is 28.3 Å². The van der Waals surface area contributed by atoms with Crippen LogP contribution in [0.4, 0.5) is 4.39 Å². The Labute approximate surface area is 201 Å². The lowest BCUT2D eigenvalue weighted by atomic mass is 10.2. The first-order valence-corrected chi connectivity index (χ1v) is 11.9. The monoisotopic (exact) mass is 513 g/mol. The third-order valence-electron chi connectivity index (χ3n) is 5.05. The maximum atomic E-state index is 13.4. The Morgan fingerprint density at radius 1 is 0.972 bits per heavy atom. The number of rotatable bonds is 7. The molecule has 12 nitrogen and oxygen atoms in total. The number of aromatic nitrogens is 5. The van der Waals surface area contributed by atoms with Gasteiger partial charge in [-0.3, -0.25) is 4.79 Å². The summed E-state index contributed by atoms with van der Waals surface area (Å²) in [6.07, 6.45) is 1.42. The largest absolute Gasteiger partial charge is 0.497 e. The van der Waals surface area contributed by atoms with Gasteiger partial charge in [0.15, 0.2) is 11.2 Å². The number of ether oxygens (including phenoxy) is 2. The molecule has 2 aromatic carbocycles. The standard InChI is InChI=1S/C22H16FN5O7S/c1-32-15-6-14(7-16(8-15)33-2)28-10-13(24-27-28)11-36(30,31)22-26-25-21(35-22)20-9-18(29)17-5-12(23)3-4-19(17)34-20/h3-10H,11H2,1-2H3. The molecule has 3 heterocycles. The lowest BCUT2D eigenvalue weighted by Gasteiger charge is -2.07. The van der Waals surface area contributed by atoms with E-state index in [1.54, 1.807) is 18.2 Å². The lowest BCUT2D eigenvalue weighted by molar-refractivity contribution is 0.394. The van der Waals surface area contributed by atoms with Gasteiger partial charge >= 0.3 is 5.22 Å². The first-order chi connectivity index (χ1) is 17.3. The zero-order valence-corrected chi connectivity index (χ0v) is 19.5. The van der Waals surface area contributed by atoms with Gasteiger partial charge in [0.1, 0.15) is 28.7 Å². The highest BCUT2D eigenvalue weighted by molar-refractivity contribution is 7.90. The average Bonchev–Trinajstić information content (AvgIpc) is 3.54. The summed E-state index contributed by atoms with van der Waals surface area (Å²) in [6, 6.07) is 9.45. The second-order valence-corrected chi connectivity index (χ2v) is 9.34. The Bertz CT molecular complexity index is 1740. The van der Waals surface area contributed by atoms with E-state index in [1.807, 2.05) is 0 Å². The van der Waals surface area contributed by atoms with Crippen molar-refractivity contribution in [3.05, 3.63) is 70.4 Å². The highest BCUT2D eigenvalue weighted by Gasteiger charge is 2.26. The molecular weight excluding hydrogens is 497 g/mol. The van der Waals surface area contributed by atoms with Gasteiger partial charge in [-0.2, -0.15) is 0 Å². The number of halogens is 1. The quantitative estimate of drug-likeness (QED) is 0.315. The van der Waals surface area contributed by atoms with Crippen LogP contribution < -0.4 is 14.9 Å². The van der Waals surface area contributed by atoms with Crippen molar-refractivity contribution in [2.24, 2.45) is 0 Å². The predicted molar refractivity (Wildman–Crippen MR) is 121 cm³/mol. The molecule has 0 aliphatic rings. The summed E-state index contributed by atoms with van der Waals surface area (Å²) in [4.78, 5) is 12.3. The molecule has 0 amide bonds. The summed E-state index contributed by atoms with van der Waals surface area (Å²) < 4.78 is 61.8. The zero-order valence-electron chi connectivity index (χ0n) is 18.7. The van der Waals surface area contributed by atoms with Crippen molar-refractivity contribution < 1.29 is 31.1 Å². The minimum absolute atomic E-state index is 0.0165. The van der Waals surface area contributed by atoms with E-state index in [0.29, 0.717) is 17.2 Å². The van der Waals surface area contributed by atoms with Gasteiger partial charge in [0, 0.05) is 24.3 Å². The molecule has 0 saturated carbocycles. The topological polar surface area (TPSA) is 152 Å². The molecule has 184 valence electrons. The number of hydrogen-bond donors (Lipinski definition) is 0. The second kappa shape index (κ2) is 8.88. The fourth-order valence-electron chi connectivity index (χ4n) is 3.34. The molecule has 0 aliphatic heterocycles. The van der Waals surface area contributed by atoms with Crippen LogP contribution in [0.25, 0.3) is 28.3 Å². The number of nitrogens with zero attached hydrogens (tertiary/aromatic N) is 5. The maximum Gasteiger partial charge on any atom is 0.336 e. The van der Waals surface area contributed by atoms with Crippen molar-refractivity contribution in [3.63, 3.8) is 0 Å². The van der Waals surface area contributed by atoms with Crippen LogP contribution in [0.2, 0.25) is 0 Å². The fourth-order valence-corrected chi connectivity index (χ4v) is 4.36. The van der Waals surface area contributed by atoms with Crippen LogP contribution in [0, 0.1) is 5.82 Å². The number of fused-ring (bicyclic) bond motifs is 1. The molecular formula is C22H16FN5O7S. The number of benzene rings is 2. The van der Waals surface area contributed by atoms with Gasteiger partial charge in [0.05, 0.1) is 37.2 Å². The number of sulfone groups is 1. The third-order valence-corrected chi connectivity index (χ3v) is 6.42. The summed E-state index contributed by atoms with van der Waals surface area (Å²) in [5.74, 6) is -0.654. The third kappa shape index (κ3) is 4.40. The Kier molecular flexibility index (Phi) is 5.72. The van der Waals surface area contributed by atoms with Crippen molar-refractivity contribution in [1.82, 2.24) is 25.2 Å². The van der Waals surface area contributed by atoms with Gasteiger partial charge in [-0.05, 0) is 18.2 Å². The van der Waals surface area contributed by atoms with Gasteiger partial charge in [-0.15, -0.1) is 10.2 Å². The van der Waals surface area contributed by atoms with Crippen molar-refractivity contribution in [2.45, 2.75) is 11.0 Å². The first-order valence-electron chi connectivity index (χ1n) is 10.2. The molecule has 0 saturated heterocycles. The molecule has 5 aromatic rings. The van der Waals surface area contributed by atoms with Gasteiger partial charge in [-0.1, -0.05) is 10.3 Å². The van der Waals surface area contributed by atoms with E-state index < -0.39 is 32.1 Å². The van der Waals surface area contributed by atoms with E-state index in [1.165, 1.54) is 31.2 Å². The summed E-state index contributed by atoms with van der Waals surface area (Å²) >= 11 is 0. The normalized spacial score (nSPS) is 11.6. The molecule has 0 atom stereocenters. The fraction of sp³-hybridized carbons (Fsp3) is 0.136. The highest BCUT2D eigenvalue weighted by atomic mass is 32.2. The second-order valence-electron chi connectivity index (χ2n) is 7.47. The SMILES string of the molecule is COc1cc(OC)cc(-n2cc(CS(=O)(=O)c3nnc(-c4cc(=O)c5cc(F)ccc5o4)o3)nn2)c1. The Hall–Kier alpha value is -4.59. The van der Waals surface area contributed by atoms with Gasteiger partial charge < -0.3 is 18.3 Å². The number of methoxy groups -OCH3 is 2. The Morgan fingerprint density at radius 3 is 2.44 bits per heavy atom. The Morgan fingerprint density at radius 2 is 1.72 bits per heavy atom. The molecule has 14 heteroatoms. The number of hydrogen-bond acceptors (Lipinski definition) is 11. The molecule has 0 radical (unpaired) electrons. The van der Waals surface area contributed by atoms with Crippen LogP contribution in [0.5, 0.6) is 11.5 Å². The molecule has 3 aromatic heterocycles. The van der Waals surface area contributed by atoms with E-state index in [4.69, 9.17) is 18.3 Å². The summed E-state index contributed by atoms with van der Waals surface area (Å²) in [5, 5.41) is 14.4. The molecule has 0 fully saturated rings. The molecule has 5 rings (SSSR count). The first kappa shape index (κ1) is 23.2. The van der Waals surface area contributed by atoms with E-state index >= 15 is 0 Å². The maximum absolute atomic E-state index is 13.4. The molecule has 0 N–H and O–H groups in total. The lowest BCUT2D eigenvalue weighted by Crippen LogP contribution is -2.06. The van der Waals surface area contributed by atoms with Crippen LogP contribution in [0.3, 0.4) is 0 Å². The van der Waals surface area contributed by atoms with Gasteiger partial charge in [0.2, 0.25) is 9.84 Å². The van der Waals surface area contributed by atoms with Crippen LogP contribution in [0.1, 0.15) is 5.69 Å². The van der Waals surface area contributed by atoms with E-state index in [2.05, 4.69) is 20.5 Å². The van der Waals surface area contributed by atoms with Gasteiger partial charge in [0.25, 0.3) is 5.89 Å². The zero-order chi connectivity index (χ0) is 25.4. The molecule has 0 spiro atoms. The minimum Gasteiger partial charge on any atom is -0.497 e. The summed E-state index contributed by atoms with van der Waals surface area (Å²) in [7, 11) is -1.13. The molecule has 36 heavy (non-hydrogen) atoms. The van der Waals surface area contributed by atoms with Gasteiger partial charge in [-0.25, -0.2) is 17.5 Å². The predicted octanol–water partition coefficient (Wildman–Crippen LogP) is 2.55. The summed E-state index contributed by atoms with van der Waals surface area (Å²) in [5.41, 5.74) is 0.163. The minimum atomic E-state index is -4.13. The van der Waals surface area contributed by atoms with Crippen molar-refractivity contribution in [1.29, 1.82) is 0 Å². The highest BCUT2D eigenvalue weighted by Crippen LogP contribution is 2.26. The Balaban J connectivity index is 1.41. The smallest absolute Gasteiger partial charge is 0.336 e. The summed E-state index contributed by atoms with van der Waals surface area (Å²) in [6.45, 7) is 0. The van der Waals surface area contributed by atoms with E-state index in [9.17, 15) is 17.6 Å². The molecule has 0 unspecified atom stereocenters. The molecule has 0 bridgehead atoms. The van der Waals surface area contributed by atoms with Crippen LogP contribution in [-0.4, -0.2) is 47.8 Å². The van der Waals surface area contributed by atoms with Crippen molar-refractivity contribution in [2.75, 3.05) is 14.2 Å². The van der Waals surface area contributed by atoms with Crippen LogP contribution >= 0.6 is 0 Å². The average molecular weight is 513 g/mol.